The predicted molar refractivity (Wildman–Crippen MR) is 66.5 cm³/mol. The van der Waals surface area contributed by atoms with Crippen LogP contribution in [-0.2, 0) is 0 Å². The Morgan fingerprint density at radius 1 is 1.25 bits per heavy atom. The lowest BCUT2D eigenvalue weighted by Crippen LogP contribution is -2.05. The van der Waals surface area contributed by atoms with Crippen LogP contribution < -0.4 is 10.5 Å². The number of aromatic nitrogens is 1. The Labute approximate surface area is 95.2 Å². The van der Waals surface area contributed by atoms with Crippen molar-refractivity contribution in [1.29, 1.82) is 0 Å². The third-order valence-electron chi connectivity index (χ3n) is 2.38. The van der Waals surface area contributed by atoms with Gasteiger partial charge in [-0.25, -0.2) is 0 Å². The summed E-state index contributed by atoms with van der Waals surface area (Å²) in [6.45, 7) is 4.95. The third-order valence-corrected chi connectivity index (χ3v) is 2.38. The average molecular weight is 216 g/mol. The highest BCUT2D eigenvalue weighted by Gasteiger charge is 2.05. The van der Waals surface area contributed by atoms with Crippen LogP contribution in [0.3, 0.4) is 0 Å². The van der Waals surface area contributed by atoms with Crippen LogP contribution >= 0.6 is 0 Å². The van der Waals surface area contributed by atoms with E-state index in [1.54, 1.807) is 12.4 Å². The van der Waals surface area contributed by atoms with Crippen molar-refractivity contribution in [3.8, 4) is 5.75 Å². The van der Waals surface area contributed by atoms with Crippen LogP contribution in [0.5, 0.6) is 5.75 Å². The second-order valence-corrected chi connectivity index (χ2v) is 4.28. The van der Waals surface area contributed by atoms with Crippen LogP contribution in [0.2, 0.25) is 0 Å². The number of anilines is 1. The van der Waals surface area contributed by atoms with Gasteiger partial charge in [0, 0.05) is 28.9 Å². The molecule has 2 N–H and O–H groups in total. The SMILES string of the molecule is CC(C)COc1ccc(N)c2ccncc12. The Hall–Kier alpha value is -1.77. The van der Waals surface area contributed by atoms with Crippen LogP contribution in [0.25, 0.3) is 10.8 Å². The molecule has 3 nitrogen and oxygen atoms in total. The first-order valence-electron chi connectivity index (χ1n) is 5.43. The Morgan fingerprint density at radius 3 is 2.81 bits per heavy atom. The van der Waals surface area contributed by atoms with Crippen LogP contribution in [0.15, 0.2) is 30.6 Å². The normalized spacial score (nSPS) is 10.9. The zero-order valence-electron chi connectivity index (χ0n) is 9.60. The van der Waals surface area contributed by atoms with E-state index in [0.29, 0.717) is 12.5 Å². The molecule has 1 aromatic heterocycles. The van der Waals surface area contributed by atoms with Gasteiger partial charge in [0.2, 0.25) is 0 Å². The standard InChI is InChI=1S/C13H16N2O/c1-9(2)8-16-13-4-3-12(14)10-5-6-15-7-11(10)13/h3-7,9H,8,14H2,1-2H3. The van der Waals surface area contributed by atoms with Gasteiger partial charge in [0.15, 0.2) is 0 Å². The molecule has 1 aromatic carbocycles. The van der Waals surface area contributed by atoms with Crippen molar-refractivity contribution in [1.82, 2.24) is 4.98 Å². The summed E-state index contributed by atoms with van der Waals surface area (Å²) in [5, 5.41) is 1.97. The molecule has 0 aliphatic heterocycles. The van der Waals surface area contributed by atoms with E-state index in [2.05, 4.69) is 18.8 Å². The molecule has 0 spiro atoms. The molecule has 0 unspecified atom stereocenters. The maximum atomic E-state index is 5.90. The Morgan fingerprint density at radius 2 is 2.06 bits per heavy atom. The van der Waals surface area contributed by atoms with Gasteiger partial charge in [0.05, 0.1) is 6.61 Å². The van der Waals surface area contributed by atoms with Crippen LogP contribution in [-0.4, -0.2) is 11.6 Å². The Kier molecular flexibility index (Phi) is 2.95. The number of ether oxygens (including phenoxy) is 1. The highest BCUT2D eigenvalue weighted by molar-refractivity contribution is 5.96. The molecular weight excluding hydrogens is 200 g/mol. The van der Waals surface area contributed by atoms with E-state index < -0.39 is 0 Å². The largest absolute Gasteiger partial charge is 0.493 e. The Balaban J connectivity index is 2.42. The number of benzene rings is 1. The molecule has 0 amide bonds. The van der Waals surface area contributed by atoms with Gasteiger partial charge in [-0.15, -0.1) is 0 Å². The Bertz CT molecular complexity index is 494. The van der Waals surface area contributed by atoms with Gasteiger partial charge in [-0.05, 0) is 24.1 Å². The summed E-state index contributed by atoms with van der Waals surface area (Å²) < 4.78 is 5.74. The lowest BCUT2D eigenvalue weighted by molar-refractivity contribution is 0.274. The van der Waals surface area contributed by atoms with E-state index in [0.717, 1.165) is 22.2 Å². The van der Waals surface area contributed by atoms with Gasteiger partial charge in [-0.2, -0.15) is 0 Å². The van der Waals surface area contributed by atoms with Gasteiger partial charge in [0.1, 0.15) is 5.75 Å². The number of hydrogen-bond donors (Lipinski definition) is 1. The van der Waals surface area contributed by atoms with Crippen LogP contribution in [0.1, 0.15) is 13.8 Å². The highest BCUT2D eigenvalue weighted by atomic mass is 16.5. The maximum absolute atomic E-state index is 5.90. The first-order valence-corrected chi connectivity index (χ1v) is 5.43. The quantitative estimate of drug-likeness (QED) is 0.802. The lowest BCUT2D eigenvalue weighted by atomic mass is 10.1. The third kappa shape index (κ3) is 2.08. The second-order valence-electron chi connectivity index (χ2n) is 4.28. The molecule has 3 heteroatoms. The summed E-state index contributed by atoms with van der Waals surface area (Å²) in [6.07, 6.45) is 3.53. The van der Waals surface area contributed by atoms with Gasteiger partial charge >= 0.3 is 0 Å². The topological polar surface area (TPSA) is 48.1 Å². The van der Waals surface area contributed by atoms with E-state index in [1.165, 1.54) is 0 Å². The average Bonchev–Trinajstić information content (AvgIpc) is 2.28. The van der Waals surface area contributed by atoms with E-state index in [-0.39, 0.29) is 0 Å². The first-order chi connectivity index (χ1) is 7.68. The molecule has 0 radical (unpaired) electrons. The molecule has 0 aliphatic carbocycles. The van der Waals surface area contributed by atoms with Gasteiger partial charge < -0.3 is 10.5 Å². The maximum Gasteiger partial charge on any atom is 0.128 e. The molecule has 2 rings (SSSR count). The first kappa shape index (κ1) is 10.7. The minimum atomic E-state index is 0.504. The molecule has 2 aromatic rings. The fourth-order valence-corrected chi connectivity index (χ4v) is 1.57. The van der Waals surface area contributed by atoms with Gasteiger partial charge in [-0.3, -0.25) is 4.98 Å². The molecule has 0 atom stereocenters. The number of hydrogen-bond acceptors (Lipinski definition) is 3. The van der Waals surface area contributed by atoms with Crippen LogP contribution in [0, 0.1) is 5.92 Å². The number of nitrogens with two attached hydrogens (primary N) is 1. The summed E-state index contributed by atoms with van der Waals surface area (Å²) in [5.74, 6) is 1.36. The number of pyridine rings is 1. The molecule has 0 saturated carbocycles. The van der Waals surface area contributed by atoms with Crippen molar-refractivity contribution in [3.05, 3.63) is 30.6 Å². The van der Waals surface area contributed by atoms with E-state index in [9.17, 15) is 0 Å². The van der Waals surface area contributed by atoms with Crippen molar-refractivity contribution < 1.29 is 4.74 Å². The highest BCUT2D eigenvalue weighted by Crippen LogP contribution is 2.29. The van der Waals surface area contributed by atoms with Crippen LogP contribution in [0.4, 0.5) is 5.69 Å². The molecule has 0 aliphatic rings. The van der Waals surface area contributed by atoms with Crippen molar-refractivity contribution in [2.45, 2.75) is 13.8 Å². The van der Waals surface area contributed by atoms with Gasteiger partial charge in [-0.1, -0.05) is 13.8 Å². The molecule has 16 heavy (non-hydrogen) atoms. The predicted octanol–water partition coefficient (Wildman–Crippen LogP) is 2.85. The number of fused-ring (bicyclic) bond motifs is 1. The zero-order valence-corrected chi connectivity index (χ0v) is 9.60. The minimum Gasteiger partial charge on any atom is -0.493 e. The summed E-state index contributed by atoms with van der Waals surface area (Å²) in [7, 11) is 0. The summed E-state index contributed by atoms with van der Waals surface area (Å²) >= 11 is 0. The fourth-order valence-electron chi connectivity index (χ4n) is 1.57. The molecule has 84 valence electrons. The van der Waals surface area contributed by atoms with Crippen molar-refractivity contribution in [2.75, 3.05) is 12.3 Å². The monoisotopic (exact) mass is 216 g/mol. The zero-order chi connectivity index (χ0) is 11.5. The second kappa shape index (κ2) is 4.39. The fraction of sp³-hybridized carbons (Fsp3) is 0.308. The lowest BCUT2D eigenvalue weighted by Gasteiger charge is -2.11. The molecular formula is C13H16N2O. The van der Waals surface area contributed by atoms with Crippen molar-refractivity contribution in [3.63, 3.8) is 0 Å². The number of nitrogens with zero attached hydrogens (tertiary/aromatic N) is 1. The van der Waals surface area contributed by atoms with E-state index in [1.807, 2.05) is 18.2 Å². The van der Waals surface area contributed by atoms with E-state index in [4.69, 9.17) is 10.5 Å². The summed E-state index contributed by atoms with van der Waals surface area (Å²) in [5.41, 5.74) is 6.66. The smallest absolute Gasteiger partial charge is 0.128 e. The van der Waals surface area contributed by atoms with Crippen molar-refractivity contribution in [2.24, 2.45) is 5.92 Å². The molecule has 1 heterocycles. The number of nitrogen functional groups attached to an aromatic ring is 1. The molecule has 0 fully saturated rings. The summed E-state index contributed by atoms with van der Waals surface area (Å²) in [4.78, 5) is 4.11. The van der Waals surface area contributed by atoms with Gasteiger partial charge in [0.25, 0.3) is 0 Å². The number of rotatable bonds is 3. The molecule has 0 saturated heterocycles. The van der Waals surface area contributed by atoms with E-state index >= 15 is 0 Å². The molecule has 0 bridgehead atoms. The van der Waals surface area contributed by atoms with Crippen molar-refractivity contribution >= 4 is 16.5 Å². The summed E-state index contributed by atoms with van der Waals surface area (Å²) in [6, 6.07) is 5.69. The minimum absolute atomic E-state index is 0.504.